The Morgan fingerprint density at radius 1 is 1.38 bits per heavy atom. The van der Waals surface area contributed by atoms with Crippen molar-refractivity contribution >= 4 is 18.4 Å². The summed E-state index contributed by atoms with van der Waals surface area (Å²) in [4.78, 5) is 14.1. The second kappa shape index (κ2) is 5.89. The predicted octanol–water partition coefficient (Wildman–Crippen LogP) is 2.84. The van der Waals surface area contributed by atoms with E-state index in [0.717, 1.165) is 37.3 Å². The minimum atomic E-state index is -0.284. The van der Waals surface area contributed by atoms with E-state index in [4.69, 9.17) is 14.2 Å². The van der Waals surface area contributed by atoms with E-state index in [-0.39, 0.29) is 29.9 Å². The Kier molecular flexibility index (Phi) is 4.01. The fraction of sp³-hybridized carbons (Fsp3) is 0.550. The van der Waals surface area contributed by atoms with Gasteiger partial charge in [0.25, 0.3) is 0 Å². The Balaban J connectivity index is 0.00000168. The number of carbonyl (C=O) groups excluding carboxylic acids is 1. The topological polar surface area (TPSA) is 48.0 Å². The van der Waals surface area contributed by atoms with Gasteiger partial charge in [-0.25, -0.2) is 0 Å². The molecule has 0 aromatic heterocycles. The summed E-state index contributed by atoms with van der Waals surface area (Å²) in [5.41, 5.74) is 2.56. The van der Waals surface area contributed by atoms with E-state index < -0.39 is 0 Å². The zero-order valence-corrected chi connectivity index (χ0v) is 16.1. The molecule has 0 saturated carbocycles. The monoisotopic (exact) mass is 377 g/mol. The highest BCUT2D eigenvalue weighted by Gasteiger charge is 2.64. The predicted molar refractivity (Wildman–Crippen MR) is 99.0 cm³/mol. The number of carbonyl (C=O) groups is 1. The van der Waals surface area contributed by atoms with Gasteiger partial charge in [0, 0.05) is 23.9 Å². The van der Waals surface area contributed by atoms with Crippen molar-refractivity contribution in [3.05, 3.63) is 35.1 Å². The number of methoxy groups -OCH3 is 1. The van der Waals surface area contributed by atoms with Gasteiger partial charge in [-0.05, 0) is 56.5 Å². The van der Waals surface area contributed by atoms with Crippen molar-refractivity contribution < 1.29 is 19.0 Å². The molecular formula is C20H24ClNO4. The van der Waals surface area contributed by atoms with Crippen molar-refractivity contribution in [2.45, 2.75) is 43.7 Å². The van der Waals surface area contributed by atoms with Crippen LogP contribution in [-0.4, -0.2) is 43.7 Å². The number of nitrogens with zero attached hydrogens (tertiary/aromatic N) is 1. The molecule has 2 aliphatic heterocycles. The molecule has 1 fully saturated rings. The molecule has 1 saturated heterocycles. The summed E-state index contributed by atoms with van der Waals surface area (Å²) in [6, 6.07) is 4.70. The normalized spacial score (nSPS) is 33.3. The van der Waals surface area contributed by atoms with Crippen LogP contribution in [0.5, 0.6) is 11.5 Å². The first-order valence-electron chi connectivity index (χ1n) is 9.02. The Labute approximate surface area is 159 Å². The van der Waals surface area contributed by atoms with Crippen molar-refractivity contribution in [2.75, 3.05) is 20.7 Å². The molecule has 4 aliphatic rings. The highest BCUT2D eigenvalue weighted by atomic mass is 35.5. The Morgan fingerprint density at radius 2 is 2.19 bits per heavy atom. The number of ether oxygens (including phenoxy) is 3. The number of likely N-dealkylation sites (tertiary alicyclic amines) is 1. The molecule has 0 N–H and O–H groups in total. The van der Waals surface area contributed by atoms with Crippen LogP contribution < -0.4 is 9.47 Å². The van der Waals surface area contributed by atoms with Crippen LogP contribution in [0, 0.1) is 5.92 Å². The lowest BCUT2D eigenvalue weighted by atomic mass is 9.53. The first-order chi connectivity index (χ1) is 12.1. The molecule has 2 heterocycles. The Hall–Kier alpha value is -1.72. The molecule has 0 amide bonds. The maximum Gasteiger partial charge on any atom is 0.307 e. The third-order valence-electron chi connectivity index (χ3n) is 6.69. The Bertz CT molecular complexity index is 807. The molecule has 4 atom stereocenters. The summed E-state index contributed by atoms with van der Waals surface area (Å²) >= 11 is 0. The number of rotatable bonds is 2. The molecule has 140 valence electrons. The number of esters is 1. The third kappa shape index (κ3) is 2.04. The number of piperidine rings is 1. The van der Waals surface area contributed by atoms with E-state index in [1.807, 2.05) is 6.07 Å². The molecule has 1 aromatic rings. The number of hydrogen-bond donors (Lipinski definition) is 0. The highest BCUT2D eigenvalue weighted by Crippen LogP contribution is 2.63. The van der Waals surface area contributed by atoms with E-state index in [1.165, 1.54) is 18.1 Å². The second-order valence-electron chi connectivity index (χ2n) is 7.71. The fourth-order valence-corrected chi connectivity index (χ4v) is 5.73. The number of benzene rings is 1. The smallest absolute Gasteiger partial charge is 0.307 e. The van der Waals surface area contributed by atoms with Crippen LogP contribution >= 0.6 is 12.4 Å². The minimum absolute atomic E-state index is 0. The highest BCUT2D eigenvalue weighted by molar-refractivity contribution is 5.85. The Morgan fingerprint density at radius 3 is 2.92 bits per heavy atom. The quantitative estimate of drug-likeness (QED) is 0.742. The number of hydrogen-bond acceptors (Lipinski definition) is 5. The molecule has 1 aromatic carbocycles. The van der Waals surface area contributed by atoms with Gasteiger partial charge < -0.3 is 19.1 Å². The van der Waals surface area contributed by atoms with Crippen LogP contribution in [0.4, 0.5) is 0 Å². The molecule has 5 rings (SSSR count). The SMILES string of the molecule is COc1ccc2c3c1OC1C(OC(C)=O)=CCC4C(C2)N(C)CCC314.Cl. The maximum atomic E-state index is 11.6. The van der Waals surface area contributed by atoms with Gasteiger partial charge in [-0.3, -0.25) is 4.79 Å². The van der Waals surface area contributed by atoms with Gasteiger partial charge in [0.15, 0.2) is 17.6 Å². The average molecular weight is 378 g/mol. The van der Waals surface area contributed by atoms with Gasteiger partial charge in [-0.1, -0.05) is 6.07 Å². The molecule has 0 radical (unpaired) electrons. The van der Waals surface area contributed by atoms with E-state index in [9.17, 15) is 4.79 Å². The molecule has 5 nitrogen and oxygen atoms in total. The number of allylic oxidation sites excluding steroid dienone is 1. The van der Waals surface area contributed by atoms with Crippen LogP contribution in [-0.2, 0) is 21.4 Å². The molecule has 1 spiro atoms. The van der Waals surface area contributed by atoms with Gasteiger partial charge in [0.05, 0.1) is 7.11 Å². The summed E-state index contributed by atoms with van der Waals surface area (Å²) in [6.45, 7) is 2.49. The van der Waals surface area contributed by atoms with Gasteiger partial charge in [0.2, 0.25) is 0 Å². The van der Waals surface area contributed by atoms with Gasteiger partial charge in [-0.15, -0.1) is 12.4 Å². The molecular weight excluding hydrogens is 354 g/mol. The fourth-order valence-electron chi connectivity index (χ4n) is 5.73. The number of likely N-dealkylation sites (N-methyl/N-ethyl adjacent to an activating group) is 1. The van der Waals surface area contributed by atoms with Crippen LogP contribution in [0.3, 0.4) is 0 Å². The first-order valence-corrected chi connectivity index (χ1v) is 9.02. The van der Waals surface area contributed by atoms with Gasteiger partial charge >= 0.3 is 5.97 Å². The van der Waals surface area contributed by atoms with E-state index >= 15 is 0 Å². The average Bonchev–Trinajstić information content (AvgIpc) is 2.94. The van der Waals surface area contributed by atoms with Crippen molar-refractivity contribution in [1.29, 1.82) is 0 Å². The van der Waals surface area contributed by atoms with Crippen LogP contribution in [0.25, 0.3) is 0 Å². The minimum Gasteiger partial charge on any atom is -0.493 e. The summed E-state index contributed by atoms with van der Waals surface area (Å²) in [5, 5.41) is 0. The van der Waals surface area contributed by atoms with Gasteiger partial charge in [-0.2, -0.15) is 0 Å². The number of halogens is 1. The van der Waals surface area contributed by atoms with Crippen molar-refractivity contribution in [3.8, 4) is 11.5 Å². The summed E-state index contributed by atoms with van der Waals surface area (Å²) in [6.07, 6.45) is 4.83. The van der Waals surface area contributed by atoms with Crippen molar-refractivity contribution in [1.82, 2.24) is 4.90 Å². The lowest BCUT2D eigenvalue weighted by Crippen LogP contribution is -2.63. The largest absolute Gasteiger partial charge is 0.493 e. The van der Waals surface area contributed by atoms with Gasteiger partial charge in [0.1, 0.15) is 5.76 Å². The zero-order chi connectivity index (χ0) is 17.3. The zero-order valence-electron chi connectivity index (χ0n) is 15.3. The third-order valence-corrected chi connectivity index (χ3v) is 6.69. The molecule has 2 bridgehead atoms. The molecule has 6 heteroatoms. The van der Waals surface area contributed by atoms with Crippen LogP contribution in [0.2, 0.25) is 0 Å². The standard InChI is InChI=1S/C20H23NO4.ClH/c1-11(22)24-16-7-5-13-14-10-12-4-6-15(23-3)18-17(12)20(13,19(16)25-18)8-9-21(14)2;/h4,6-7,13-14,19H,5,8-10H2,1-3H3;1H. The lowest BCUT2D eigenvalue weighted by molar-refractivity contribution is -0.140. The summed E-state index contributed by atoms with van der Waals surface area (Å²) in [7, 11) is 3.91. The van der Waals surface area contributed by atoms with E-state index in [2.05, 4.69) is 24.1 Å². The molecule has 26 heavy (non-hydrogen) atoms. The van der Waals surface area contributed by atoms with Crippen molar-refractivity contribution in [3.63, 3.8) is 0 Å². The van der Waals surface area contributed by atoms with Crippen LogP contribution in [0.1, 0.15) is 30.9 Å². The van der Waals surface area contributed by atoms with E-state index in [1.54, 1.807) is 7.11 Å². The molecule has 2 aliphatic carbocycles. The maximum absolute atomic E-state index is 11.6. The van der Waals surface area contributed by atoms with Crippen molar-refractivity contribution in [2.24, 2.45) is 5.92 Å². The second-order valence-corrected chi connectivity index (χ2v) is 7.71. The molecule has 4 unspecified atom stereocenters. The van der Waals surface area contributed by atoms with E-state index in [0.29, 0.717) is 17.7 Å². The van der Waals surface area contributed by atoms with Crippen LogP contribution in [0.15, 0.2) is 24.0 Å². The lowest BCUT2D eigenvalue weighted by Gasteiger charge is -2.56. The summed E-state index contributed by atoms with van der Waals surface area (Å²) < 4.78 is 17.6. The first kappa shape index (κ1) is 17.7. The summed E-state index contributed by atoms with van der Waals surface area (Å²) in [5.74, 6) is 2.52.